The van der Waals surface area contributed by atoms with Crippen molar-refractivity contribution in [3.05, 3.63) is 52.5 Å². The van der Waals surface area contributed by atoms with Gasteiger partial charge >= 0.3 is 6.18 Å². The van der Waals surface area contributed by atoms with E-state index in [2.05, 4.69) is 35.9 Å². The van der Waals surface area contributed by atoms with Crippen molar-refractivity contribution in [1.29, 1.82) is 0 Å². The molecule has 0 unspecified atom stereocenters. The average molecular weight is 580 g/mol. The number of pyridine rings is 2. The lowest BCUT2D eigenvalue weighted by Crippen LogP contribution is -2.10. The predicted octanol–water partition coefficient (Wildman–Crippen LogP) is 5.98. The van der Waals surface area contributed by atoms with Gasteiger partial charge in [-0.2, -0.15) is 13.2 Å². The Labute approximate surface area is 214 Å². The van der Waals surface area contributed by atoms with Gasteiger partial charge in [-0.3, -0.25) is 4.98 Å². The van der Waals surface area contributed by atoms with E-state index < -0.39 is 21.6 Å². The number of rotatable bonds is 6. The summed E-state index contributed by atoms with van der Waals surface area (Å²) >= 11 is 3.48. The van der Waals surface area contributed by atoms with Gasteiger partial charge in [0.15, 0.2) is 15.7 Å². The second kappa shape index (κ2) is 8.91. The van der Waals surface area contributed by atoms with Gasteiger partial charge in [0.05, 0.1) is 33.3 Å². The summed E-state index contributed by atoms with van der Waals surface area (Å²) in [4.78, 5) is 17.6. The third-order valence-corrected chi connectivity index (χ3v) is 8.57. The van der Waals surface area contributed by atoms with Crippen LogP contribution in [0.3, 0.4) is 0 Å². The van der Waals surface area contributed by atoms with Crippen molar-refractivity contribution in [3.63, 3.8) is 0 Å². The summed E-state index contributed by atoms with van der Waals surface area (Å²) in [5.74, 6) is 0.562. The molecule has 36 heavy (non-hydrogen) atoms. The quantitative estimate of drug-likeness (QED) is 0.261. The number of alkyl halides is 3. The molecule has 4 heterocycles. The Bertz CT molecular complexity index is 1550. The zero-order chi connectivity index (χ0) is 25.8. The molecule has 0 N–H and O–H groups in total. The molecule has 0 bridgehead atoms. The normalized spacial score (nSPS) is 14.5. The van der Waals surface area contributed by atoms with Gasteiger partial charge in [-0.1, -0.05) is 6.92 Å². The maximum absolute atomic E-state index is 13.4. The molecule has 0 atom stereocenters. The highest BCUT2D eigenvalue weighted by molar-refractivity contribution is 9.10. The van der Waals surface area contributed by atoms with Crippen LogP contribution in [0.5, 0.6) is 0 Å². The lowest BCUT2D eigenvalue weighted by Gasteiger charge is -2.14. The topological polar surface area (TPSA) is 90.6 Å². The predicted molar refractivity (Wildman–Crippen MR) is 131 cm³/mol. The molecule has 2 aromatic heterocycles. The molecule has 0 saturated heterocycles. The van der Waals surface area contributed by atoms with Crippen LogP contribution >= 0.6 is 15.9 Å². The van der Waals surface area contributed by atoms with Gasteiger partial charge in [0.2, 0.25) is 0 Å². The number of aryl methyl sites for hydroxylation is 1. The molecule has 0 amide bonds. The maximum atomic E-state index is 13.4. The number of aromatic nitrogens is 5. The van der Waals surface area contributed by atoms with Crippen LogP contribution in [-0.4, -0.2) is 38.7 Å². The highest BCUT2D eigenvalue weighted by Gasteiger charge is 2.33. The Morgan fingerprint density at radius 2 is 1.81 bits per heavy atom. The van der Waals surface area contributed by atoms with Gasteiger partial charge < -0.3 is 4.57 Å². The van der Waals surface area contributed by atoms with Crippen LogP contribution in [0.4, 0.5) is 13.2 Å². The fourth-order valence-corrected chi connectivity index (χ4v) is 5.71. The second-order valence-electron chi connectivity index (χ2n) is 8.61. The zero-order valence-corrected chi connectivity index (χ0v) is 21.7. The molecule has 0 spiro atoms. The van der Waals surface area contributed by atoms with Crippen molar-refractivity contribution in [2.24, 2.45) is 0 Å². The highest BCUT2D eigenvalue weighted by Crippen LogP contribution is 2.43. The molecule has 1 saturated carbocycles. The summed E-state index contributed by atoms with van der Waals surface area (Å²) < 4.78 is 68.4. The molecular formula is C24H21BrF3N5O2S. The van der Waals surface area contributed by atoms with Crippen LogP contribution in [0.15, 0.2) is 46.3 Å². The summed E-state index contributed by atoms with van der Waals surface area (Å²) in [6.45, 7) is 3.51. The van der Waals surface area contributed by atoms with E-state index in [4.69, 9.17) is 0 Å². The second-order valence-corrected chi connectivity index (χ2v) is 11.6. The summed E-state index contributed by atoms with van der Waals surface area (Å²) in [6, 6.07) is 3.97. The zero-order valence-electron chi connectivity index (χ0n) is 19.3. The van der Waals surface area contributed by atoms with E-state index in [0.717, 1.165) is 30.7 Å². The first-order valence-electron chi connectivity index (χ1n) is 11.4. The molecular weight excluding hydrogens is 559 g/mol. The van der Waals surface area contributed by atoms with Crippen LogP contribution in [0.2, 0.25) is 0 Å². The number of fused-ring (bicyclic) bond motifs is 1. The number of sulfone groups is 1. The first-order chi connectivity index (χ1) is 17.0. The summed E-state index contributed by atoms with van der Waals surface area (Å²) in [6.07, 6.45) is 1.84. The molecule has 0 aromatic carbocycles. The van der Waals surface area contributed by atoms with E-state index >= 15 is 0 Å². The van der Waals surface area contributed by atoms with E-state index in [1.165, 1.54) is 23.8 Å². The van der Waals surface area contributed by atoms with E-state index in [1.54, 1.807) is 19.2 Å². The lowest BCUT2D eigenvalue weighted by molar-refractivity contribution is -0.138. The van der Waals surface area contributed by atoms with Gasteiger partial charge in [0.25, 0.3) is 0 Å². The highest BCUT2D eigenvalue weighted by atomic mass is 79.9. The first-order valence-corrected chi connectivity index (χ1v) is 13.8. The van der Waals surface area contributed by atoms with Crippen molar-refractivity contribution in [3.8, 4) is 34.2 Å². The van der Waals surface area contributed by atoms with Crippen LogP contribution in [0.25, 0.3) is 34.2 Å². The molecule has 0 radical (unpaired) electrons. The minimum atomic E-state index is -4.54. The Hall–Kier alpha value is -2.86. The standard InChI is InChI=1S/C24H21BrF3N5O2S/c1-3-33-12-15(24(26,27)28)8-17-19(33)9-18(31-17)21-20(36(34,35)4-2)7-14(10-29-21)23-30-11-16(13-5-6-13)22(25)32-23/h7-13H,3-6H2,1-2H3. The molecule has 3 aliphatic rings. The van der Waals surface area contributed by atoms with Gasteiger partial charge in [-0.15, -0.1) is 0 Å². The molecule has 2 aliphatic heterocycles. The van der Waals surface area contributed by atoms with E-state index in [9.17, 15) is 21.6 Å². The number of hydrogen-bond acceptors (Lipinski definition) is 6. The largest absolute Gasteiger partial charge is 0.417 e. The third kappa shape index (κ3) is 4.52. The first kappa shape index (κ1) is 24.8. The number of halogens is 4. The van der Waals surface area contributed by atoms with Gasteiger partial charge in [0.1, 0.15) is 10.3 Å². The molecule has 1 aliphatic carbocycles. The SMILES string of the molecule is CCn1cc(C(F)(F)F)cc2nc(-c3ncc(-c4ncc(C5CC5)c(Br)n4)cc3S(=O)(=O)CC)cc1-2. The summed E-state index contributed by atoms with van der Waals surface area (Å²) in [5.41, 5.74) is 1.40. The van der Waals surface area contributed by atoms with Gasteiger partial charge in [-0.05, 0) is 59.8 Å². The van der Waals surface area contributed by atoms with Crippen LogP contribution < -0.4 is 0 Å². The van der Waals surface area contributed by atoms with Crippen LogP contribution in [0.1, 0.15) is 43.7 Å². The number of nitrogens with zero attached hydrogens (tertiary/aromatic N) is 5. The third-order valence-electron chi connectivity index (χ3n) is 6.20. The maximum Gasteiger partial charge on any atom is 0.417 e. The van der Waals surface area contributed by atoms with E-state index in [-0.39, 0.29) is 34.3 Å². The Morgan fingerprint density at radius 3 is 2.42 bits per heavy atom. The molecule has 7 nitrogen and oxygen atoms in total. The minimum absolute atomic E-state index is 0.0710. The van der Waals surface area contributed by atoms with Gasteiger partial charge in [0, 0.05) is 36.3 Å². The molecule has 5 rings (SSSR count). The van der Waals surface area contributed by atoms with Crippen molar-refractivity contribution in [2.45, 2.75) is 50.2 Å². The fourth-order valence-electron chi connectivity index (χ4n) is 4.05. The monoisotopic (exact) mass is 579 g/mol. The Balaban J connectivity index is 1.65. The van der Waals surface area contributed by atoms with Crippen molar-refractivity contribution in [1.82, 2.24) is 24.5 Å². The Kier molecular flexibility index (Phi) is 6.14. The van der Waals surface area contributed by atoms with Crippen LogP contribution in [0, 0.1) is 0 Å². The van der Waals surface area contributed by atoms with E-state index in [0.29, 0.717) is 27.6 Å². The fraction of sp³-hybridized carbons (Fsp3) is 0.333. The number of hydrogen-bond donors (Lipinski definition) is 0. The van der Waals surface area contributed by atoms with E-state index in [1.807, 2.05) is 0 Å². The smallest absolute Gasteiger partial charge is 0.346 e. The van der Waals surface area contributed by atoms with Crippen molar-refractivity contribution < 1.29 is 21.6 Å². The molecule has 1 fully saturated rings. The average Bonchev–Trinajstić information content (AvgIpc) is 3.59. The van der Waals surface area contributed by atoms with Crippen molar-refractivity contribution in [2.75, 3.05) is 5.75 Å². The lowest BCUT2D eigenvalue weighted by atomic mass is 10.1. The van der Waals surface area contributed by atoms with Crippen molar-refractivity contribution >= 4 is 25.8 Å². The summed E-state index contributed by atoms with van der Waals surface area (Å²) in [5, 5.41) is 0. The molecule has 2 aromatic rings. The van der Waals surface area contributed by atoms with Gasteiger partial charge in [-0.25, -0.2) is 23.4 Å². The van der Waals surface area contributed by atoms with Crippen LogP contribution in [-0.2, 0) is 22.6 Å². The summed E-state index contributed by atoms with van der Waals surface area (Å²) in [7, 11) is -3.77. The molecule has 12 heteroatoms. The minimum Gasteiger partial charge on any atom is -0.346 e. The Morgan fingerprint density at radius 1 is 1.06 bits per heavy atom. The molecule has 188 valence electrons.